The number of amides is 1. The Morgan fingerprint density at radius 2 is 1.94 bits per heavy atom. The van der Waals surface area contributed by atoms with Crippen molar-refractivity contribution in [3.05, 3.63) is 46.9 Å². The Kier molecular flexibility index (Phi) is 4.81. The molecule has 0 aliphatic heterocycles. The zero-order valence-electron chi connectivity index (χ0n) is 15.8. The molecule has 1 atom stereocenters. The van der Waals surface area contributed by atoms with E-state index in [2.05, 4.69) is 20.5 Å². The normalized spacial score (nSPS) is 16.9. The van der Waals surface area contributed by atoms with Gasteiger partial charge < -0.3 is 9.73 Å². The lowest BCUT2D eigenvalue weighted by Crippen LogP contribution is -2.31. The van der Waals surface area contributed by atoms with Crippen LogP contribution in [-0.4, -0.2) is 30.5 Å². The van der Waals surface area contributed by atoms with Crippen molar-refractivity contribution in [3.8, 4) is 6.01 Å². The van der Waals surface area contributed by atoms with Crippen LogP contribution in [0.5, 0.6) is 0 Å². The average molecular weight is 448 g/mol. The first-order chi connectivity index (χ1) is 14.4. The Morgan fingerprint density at radius 1 is 1.19 bits per heavy atom. The van der Waals surface area contributed by atoms with Crippen molar-refractivity contribution in [2.45, 2.75) is 37.7 Å². The van der Waals surface area contributed by atoms with Gasteiger partial charge in [-0.2, -0.15) is 46.2 Å². The van der Waals surface area contributed by atoms with Gasteiger partial charge in [0.15, 0.2) is 5.69 Å². The van der Waals surface area contributed by atoms with Gasteiger partial charge in [0.25, 0.3) is 5.91 Å². The van der Waals surface area contributed by atoms with Crippen molar-refractivity contribution in [1.82, 2.24) is 29.9 Å². The van der Waals surface area contributed by atoms with E-state index in [4.69, 9.17) is 4.42 Å². The van der Waals surface area contributed by atoms with Crippen LogP contribution < -0.4 is 5.32 Å². The predicted octanol–water partition coefficient (Wildman–Crippen LogP) is 3.44. The summed E-state index contributed by atoms with van der Waals surface area (Å²) in [6, 6.07) is -0.354. The molecule has 0 radical (unpaired) electrons. The van der Waals surface area contributed by atoms with Crippen LogP contribution in [0.2, 0.25) is 0 Å². The Labute approximate surface area is 169 Å². The molecule has 0 bridgehead atoms. The van der Waals surface area contributed by atoms with Crippen LogP contribution in [0, 0.1) is 0 Å². The summed E-state index contributed by atoms with van der Waals surface area (Å²) in [6.45, 7) is 0. The molecule has 14 heteroatoms. The molecule has 0 saturated carbocycles. The second-order valence-electron chi connectivity index (χ2n) is 6.94. The Bertz CT molecular complexity index is 1130. The van der Waals surface area contributed by atoms with E-state index in [0.29, 0.717) is 42.8 Å². The molecule has 8 nitrogen and oxygen atoms in total. The summed E-state index contributed by atoms with van der Waals surface area (Å²) >= 11 is 0. The number of hydrogen-bond acceptors (Lipinski definition) is 5. The molecular weight excluding hydrogens is 434 g/mol. The van der Waals surface area contributed by atoms with Crippen LogP contribution in [-0.2, 0) is 25.8 Å². The number of fused-ring (bicyclic) bond motifs is 1. The molecule has 3 heterocycles. The molecule has 0 fully saturated rings. The highest BCUT2D eigenvalue weighted by Gasteiger charge is 2.37. The highest BCUT2D eigenvalue weighted by atomic mass is 19.4. The molecule has 0 saturated heterocycles. The summed E-state index contributed by atoms with van der Waals surface area (Å²) in [5.41, 5.74) is -0.440. The highest BCUT2D eigenvalue weighted by molar-refractivity contribution is 5.93. The van der Waals surface area contributed by atoms with Gasteiger partial charge in [0.1, 0.15) is 5.69 Å². The fourth-order valence-corrected chi connectivity index (χ4v) is 3.34. The first-order valence-corrected chi connectivity index (χ1v) is 8.97. The van der Waals surface area contributed by atoms with Gasteiger partial charge >= 0.3 is 18.4 Å². The number of aryl methyl sites for hydroxylation is 2. The molecule has 166 valence electrons. The van der Waals surface area contributed by atoms with Crippen LogP contribution in [0.4, 0.5) is 26.3 Å². The summed E-state index contributed by atoms with van der Waals surface area (Å²) in [5, 5.41) is 10.1. The molecule has 1 amide bonds. The number of nitrogens with one attached hydrogen (secondary N) is 1. The minimum absolute atomic E-state index is 0.283. The third-order valence-electron chi connectivity index (χ3n) is 4.78. The number of nitrogens with zero attached hydrogens (tertiary/aromatic N) is 5. The van der Waals surface area contributed by atoms with Crippen molar-refractivity contribution in [3.63, 3.8) is 0 Å². The molecule has 1 unspecified atom stereocenters. The number of carbonyl (C=O) groups excluding carboxylic acids is 1. The van der Waals surface area contributed by atoms with Gasteiger partial charge in [-0.3, -0.25) is 9.48 Å². The maximum absolute atomic E-state index is 12.8. The topological polar surface area (TPSA) is 90.8 Å². The average Bonchev–Trinajstić information content (AvgIpc) is 3.38. The zero-order chi connectivity index (χ0) is 22.6. The number of aromatic nitrogens is 5. The van der Waals surface area contributed by atoms with E-state index < -0.39 is 41.8 Å². The van der Waals surface area contributed by atoms with Gasteiger partial charge in [-0.25, -0.2) is 0 Å². The van der Waals surface area contributed by atoms with Crippen molar-refractivity contribution in [1.29, 1.82) is 0 Å². The van der Waals surface area contributed by atoms with Crippen molar-refractivity contribution >= 4 is 5.91 Å². The quantitative estimate of drug-likeness (QED) is 0.620. The van der Waals surface area contributed by atoms with E-state index in [-0.39, 0.29) is 5.69 Å². The van der Waals surface area contributed by atoms with Crippen molar-refractivity contribution < 1.29 is 35.6 Å². The number of halogens is 6. The lowest BCUT2D eigenvalue weighted by atomic mass is 9.93. The van der Waals surface area contributed by atoms with Crippen LogP contribution in [0.3, 0.4) is 0 Å². The second-order valence-corrected chi connectivity index (χ2v) is 6.94. The SMILES string of the molecule is Cn1nc(C(F)(F)F)cc1C(=O)NC1CCCc2nn(-c3ncc(C(F)(F)F)o3)cc21. The van der Waals surface area contributed by atoms with E-state index >= 15 is 0 Å². The van der Waals surface area contributed by atoms with Gasteiger partial charge in [-0.15, -0.1) is 0 Å². The molecule has 1 N–H and O–H groups in total. The van der Waals surface area contributed by atoms with Crippen LogP contribution in [0.1, 0.15) is 52.1 Å². The summed E-state index contributed by atoms with van der Waals surface area (Å²) < 4.78 is 83.3. The van der Waals surface area contributed by atoms with E-state index in [1.54, 1.807) is 0 Å². The molecule has 3 aromatic rings. The molecule has 1 aliphatic rings. The molecule has 3 aromatic heterocycles. The number of oxazole rings is 1. The summed E-state index contributed by atoms with van der Waals surface area (Å²) in [4.78, 5) is 16.1. The zero-order valence-corrected chi connectivity index (χ0v) is 15.8. The number of alkyl halides is 6. The monoisotopic (exact) mass is 448 g/mol. The largest absolute Gasteiger partial charge is 0.451 e. The van der Waals surface area contributed by atoms with Crippen LogP contribution >= 0.6 is 0 Å². The number of carbonyl (C=O) groups is 1. The molecule has 0 spiro atoms. The molecular formula is C17H14F6N6O2. The van der Waals surface area contributed by atoms with Gasteiger partial charge in [-0.1, -0.05) is 0 Å². The van der Waals surface area contributed by atoms with Crippen molar-refractivity contribution in [2.75, 3.05) is 0 Å². The maximum Gasteiger partial charge on any atom is 0.451 e. The first kappa shape index (κ1) is 20.9. The number of hydrogen-bond donors (Lipinski definition) is 1. The van der Waals surface area contributed by atoms with Gasteiger partial charge in [0.2, 0.25) is 5.76 Å². The standard InChI is InChI=1S/C17H14F6N6O2/c1-28-11(5-12(27-28)16(18,19)20)14(30)25-9-3-2-4-10-8(9)7-29(26-10)15-24-6-13(31-15)17(21,22)23/h5-7,9H,2-4H2,1H3,(H,25,30). The van der Waals surface area contributed by atoms with E-state index in [0.717, 1.165) is 9.36 Å². The van der Waals surface area contributed by atoms with Crippen molar-refractivity contribution in [2.24, 2.45) is 7.05 Å². The molecule has 0 aromatic carbocycles. The maximum atomic E-state index is 12.8. The van der Waals surface area contributed by atoms with E-state index in [1.807, 2.05) is 0 Å². The number of rotatable bonds is 3. The van der Waals surface area contributed by atoms with Gasteiger partial charge in [-0.05, 0) is 19.3 Å². The fraction of sp³-hybridized carbons (Fsp3) is 0.412. The van der Waals surface area contributed by atoms with Gasteiger partial charge in [0, 0.05) is 24.9 Å². The molecule has 4 rings (SSSR count). The van der Waals surface area contributed by atoms with Crippen LogP contribution in [0.25, 0.3) is 6.01 Å². The molecule has 31 heavy (non-hydrogen) atoms. The highest BCUT2D eigenvalue weighted by Crippen LogP contribution is 2.33. The second kappa shape index (κ2) is 7.13. The Balaban J connectivity index is 1.57. The summed E-state index contributed by atoms with van der Waals surface area (Å²) in [7, 11) is 1.22. The predicted molar refractivity (Wildman–Crippen MR) is 90.0 cm³/mol. The smallest absolute Gasteiger partial charge is 0.417 e. The Hall–Kier alpha value is -3.32. The minimum Gasteiger partial charge on any atom is -0.417 e. The third kappa shape index (κ3) is 4.01. The van der Waals surface area contributed by atoms with Gasteiger partial charge in [0.05, 0.1) is 17.9 Å². The minimum atomic E-state index is -4.70. The lowest BCUT2D eigenvalue weighted by Gasteiger charge is -2.22. The van der Waals surface area contributed by atoms with E-state index in [9.17, 15) is 31.1 Å². The summed E-state index contributed by atoms with van der Waals surface area (Å²) in [6.07, 6.45) is -5.90. The Morgan fingerprint density at radius 3 is 2.55 bits per heavy atom. The third-order valence-corrected chi connectivity index (χ3v) is 4.78. The molecule has 1 aliphatic carbocycles. The summed E-state index contributed by atoms with van der Waals surface area (Å²) in [5.74, 6) is -2.05. The lowest BCUT2D eigenvalue weighted by molar-refractivity contribution is -0.153. The first-order valence-electron chi connectivity index (χ1n) is 8.97. The van der Waals surface area contributed by atoms with Crippen LogP contribution in [0.15, 0.2) is 22.9 Å². The fourth-order valence-electron chi connectivity index (χ4n) is 3.34. The van der Waals surface area contributed by atoms with E-state index in [1.165, 1.54) is 13.2 Å².